The maximum Gasteiger partial charge on any atom is 0.240 e. The van der Waals surface area contributed by atoms with Gasteiger partial charge in [-0.05, 0) is 17.7 Å². The van der Waals surface area contributed by atoms with Crippen molar-refractivity contribution in [2.45, 2.75) is 18.9 Å². The van der Waals surface area contributed by atoms with Crippen LogP contribution in [0.25, 0.3) is 0 Å². The third-order valence-corrected chi connectivity index (χ3v) is 3.99. The Morgan fingerprint density at radius 3 is 2.19 bits per heavy atom. The molecule has 1 aliphatic rings. The van der Waals surface area contributed by atoms with E-state index in [2.05, 4.69) is 5.32 Å². The number of phenols is 1. The van der Waals surface area contributed by atoms with E-state index in [0.29, 0.717) is 18.7 Å². The number of alkyl halides is 2. The molecule has 0 aliphatic carbocycles. The molecule has 3 nitrogen and oxygen atoms in total. The molecule has 1 atom stereocenters. The Hall–Kier alpha value is -0.330. The standard InChI is InChI=1S/C13H16Cl2F2N2O.ClH/c14-9-5-8(6-10(15)13(9)20)11(7-12(16)17)19-3-1-18-2-4-19;/h5-6,11-12,18,20H,1-4,7H2;1H/t11-;/m1./s1. The van der Waals surface area contributed by atoms with Crippen LogP contribution < -0.4 is 5.32 Å². The summed E-state index contributed by atoms with van der Waals surface area (Å²) in [5, 5.41) is 12.9. The van der Waals surface area contributed by atoms with Crippen molar-refractivity contribution in [3.63, 3.8) is 0 Å². The zero-order valence-corrected chi connectivity index (χ0v) is 13.5. The molecule has 0 saturated carbocycles. The van der Waals surface area contributed by atoms with Crippen molar-refractivity contribution in [2.75, 3.05) is 26.2 Å². The lowest BCUT2D eigenvalue weighted by Crippen LogP contribution is -2.45. The first-order valence-corrected chi connectivity index (χ1v) is 7.15. The van der Waals surface area contributed by atoms with Gasteiger partial charge in [0.15, 0.2) is 5.75 Å². The number of halogens is 5. The van der Waals surface area contributed by atoms with Crippen LogP contribution in [-0.4, -0.2) is 42.6 Å². The van der Waals surface area contributed by atoms with Gasteiger partial charge >= 0.3 is 0 Å². The van der Waals surface area contributed by atoms with Crippen LogP contribution in [-0.2, 0) is 0 Å². The minimum Gasteiger partial charge on any atom is -0.505 e. The quantitative estimate of drug-likeness (QED) is 0.858. The van der Waals surface area contributed by atoms with Gasteiger partial charge < -0.3 is 10.4 Å². The molecule has 0 aromatic heterocycles. The summed E-state index contributed by atoms with van der Waals surface area (Å²) in [4.78, 5) is 1.99. The molecule has 0 unspecified atom stereocenters. The van der Waals surface area contributed by atoms with E-state index >= 15 is 0 Å². The number of hydrogen-bond acceptors (Lipinski definition) is 3. The van der Waals surface area contributed by atoms with Crippen LogP contribution in [0.5, 0.6) is 5.75 Å². The Morgan fingerprint density at radius 2 is 1.71 bits per heavy atom. The fourth-order valence-electron chi connectivity index (χ4n) is 2.44. The first kappa shape index (κ1) is 18.7. The summed E-state index contributed by atoms with van der Waals surface area (Å²) in [7, 11) is 0. The summed E-state index contributed by atoms with van der Waals surface area (Å²) in [5.41, 5.74) is 0.611. The first-order chi connectivity index (χ1) is 9.49. The Labute approximate surface area is 138 Å². The summed E-state index contributed by atoms with van der Waals surface area (Å²) in [6.07, 6.45) is -2.70. The molecule has 120 valence electrons. The van der Waals surface area contributed by atoms with Crippen molar-refractivity contribution in [2.24, 2.45) is 0 Å². The van der Waals surface area contributed by atoms with E-state index in [1.807, 2.05) is 4.90 Å². The van der Waals surface area contributed by atoms with Crippen LogP contribution in [0.1, 0.15) is 18.0 Å². The highest BCUT2D eigenvalue weighted by atomic mass is 35.5. The predicted octanol–water partition coefficient (Wildman–Crippen LogP) is 3.72. The summed E-state index contributed by atoms with van der Waals surface area (Å²) >= 11 is 11.8. The van der Waals surface area contributed by atoms with E-state index < -0.39 is 12.5 Å². The third-order valence-electron chi connectivity index (χ3n) is 3.42. The molecule has 2 rings (SSSR count). The number of rotatable bonds is 4. The zero-order chi connectivity index (χ0) is 14.7. The lowest BCUT2D eigenvalue weighted by molar-refractivity contribution is 0.0739. The molecule has 1 aromatic rings. The Balaban J connectivity index is 0.00000220. The van der Waals surface area contributed by atoms with E-state index in [0.717, 1.165) is 13.1 Å². The maximum absolute atomic E-state index is 12.8. The van der Waals surface area contributed by atoms with Gasteiger partial charge in [-0.2, -0.15) is 0 Å². The number of aromatic hydroxyl groups is 1. The molecule has 2 N–H and O–H groups in total. The van der Waals surface area contributed by atoms with Gasteiger partial charge in [-0.3, -0.25) is 4.90 Å². The molecular weight excluding hydrogens is 345 g/mol. The maximum atomic E-state index is 12.8. The van der Waals surface area contributed by atoms with Gasteiger partial charge in [-0.25, -0.2) is 8.78 Å². The van der Waals surface area contributed by atoms with Crippen LogP contribution >= 0.6 is 35.6 Å². The van der Waals surface area contributed by atoms with Gasteiger partial charge in [0, 0.05) is 38.6 Å². The molecule has 1 aromatic carbocycles. The van der Waals surface area contributed by atoms with Gasteiger partial charge in [0.25, 0.3) is 0 Å². The highest BCUT2D eigenvalue weighted by molar-refractivity contribution is 6.37. The predicted molar refractivity (Wildman–Crippen MR) is 83.2 cm³/mol. The molecule has 1 fully saturated rings. The van der Waals surface area contributed by atoms with Gasteiger partial charge in [0.1, 0.15) is 0 Å². The average molecular weight is 362 g/mol. The molecular formula is C13H17Cl3F2N2O. The highest BCUT2D eigenvalue weighted by Crippen LogP contribution is 2.37. The van der Waals surface area contributed by atoms with Crippen molar-refractivity contribution >= 4 is 35.6 Å². The SMILES string of the molecule is Cl.Oc1c(Cl)cc([C@@H](CC(F)F)N2CCNCC2)cc1Cl. The van der Waals surface area contributed by atoms with E-state index in [9.17, 15) is 13.9 Å². The second-order valence-electron chi connectivity index (χ2n) is 4.76. The number of nitrogens with one attached hydrogen (secondary N) is 1. The van der Waals surface area contributed by atoms with Gasteiger partial charge in [0.2, 0.25) is 6.43 Å². The molecule has 0 bridgehead atoms. The second-order valence-corrected chi connectivity index (χ2v) is 5.58. The third kappa shape index (κ3) is 4.83. The molecule has 1 saturated heterocycles. The van der Waals surface area contributed by atoms with Crippen molar-refractivity contribution in [1.29, 1.82) is 0 Å². The smallest absolute Gasteiger partial charge is 0.240 e. The number of hydrogen-bond donors (Lipinski definition) is 2. The van der Waals surface area contributed by atoms with Gasteiger partial charge in [0.05, 0.1) is 10.0 Å². The average Bonchev–Trinajstić information content (AvgIpc) is 2.42. The highest BCUT2D eigenvalue weighted by Gasteiger charge is 2.26. The topological polar surface area (TPSA) is 35.5 Å². The molecule has 0 amide bonds. The van der Waals surface area contributed by atoms with Gasteiger partial charge in [-0.15, -0.1) is 12.4 Å². The summed E-state index contributed by atoms with van der Waals surface area (Å²) in [6, 6.07) is 2.57. The van der Waals surface area contributed by atoms with Crippen LogP contribution in [0.3, 0.4) is 0 Å². The van der Waals surface area contributed by atoms with E-state index in [1.165, 1.54) is 12.1 Å². The van der Waals surface area contributed by atoms with Crippen LogP contribution in [0, 0.1) is 0 Å². The summed E-state index contributed by atoms with van der Waals surface area (Å²) in [6.45, 7) is 2.90. The molecule has 1 aliphatic heterocycles. The molecule has 0 radical (unpaired) electrons. The van der Waals surface area contributed by atoms with E-state index in [4.69, 9.17) is 23.2 Å². The Kier molecular flexibility index (Phi) is 7.44. The Morgan fingerprint density at radius 1 is 1.19 bits per heavy atom. The fraction of sp³-hybridized carbons (Fsp3) is 0.538. The summed E-state index contributed by atoms with van der Waals surface area (Å²) in [5.74, 6) is -0.215. The summed E-state index contributed by atoms with van der Waals surface area (Å²) < 4.78 is 25.7. The van der Waals surface area contributed by atoms with Crippen LogP contribution in [0.4, 0.5) is 8.78 Å². The van der Waals surface area contributed by atoms with Crippen LogP contribution in [0.2, 0.25) is 10.0 Å². The minimum atomic E-state index is -2.42. The van der Waals surface area contributed by atoms with Gasteiger partial charge in [-0.1, -0.05) is 23.2 Å². The van der Waals surface area contributed by atoms with Crippen LogP contribution in [0.15, 0.2) is 12.1 Å². The number of nitrogens with zero attached hydrogens (tertiary/aromatic N) is 1. The minimum absolute atomic E-state index is 0. The number of benzene rings is 1. The van der Waals surface area contributed by atoms with Crippen molar-refractivity contribution in [3.8, 4) is 5.75 Å². The monoisotopic (exact) mass is 360 g/mol. The molecule has 0 spiro atoms. The molecule has 21 heavy (non-hydrogen) atoms. The van der Waals surface area contributed by atoms with E-state index in [1.54, 1.807) is 0 Å². The molecule has 1 heterocycles. The fourth-order valence-corrected chi connectivity index (χ4v) is 2.94. The van der Waals surface area contributed by atoms with E-state index in [-0.39, 0.29) is 34.6 Å². The lowest BCUT2D eigenvalue weighted by Gasteiger charge is -2.35. The lowest BCUT2D eigenvalue weighted by atomic mass is 10.0. The zero-order valence-electron chi connectivity index (χ0n) is 11.2. The largest absolute Gasteiger partial charge is 0.505 e. The second kappa shape index (κ2) is 8.34. The number of phenolic OH excluding ortho intramolecular Hbond substituents is 1. The normalized spacial score (nSPS) is 17.6. The first-order valence-electron chi connectivity index (χ1n) is 6.40. The Bertz CT molecular complexity index is 448. The van der Waals surface area contributed by atoms with Crippen molar-refractivity contribution in [3.05, 3.63) is 27.7 Å². The molecule has 8 heteroatoms. The number of piperazine rings is 1. The van der Waals surface area contributed by atoms with Crippen molar-refractivity contribution < 1.29 is 13.9 Å². The van der Waals surface area contributed by atoms with Crippen molar-refractivity contribution in [1.82, 2.24) is 10.2 Å².